The third-order valence-electron chi connectivity index (χ3n) is 6.31. The number of hydrogen-bond acceptors (Lipinski definition) is 4. The number of hydrogen-bond donors (Lipinski definition) is 0. The lowest BCUT2D eigenvalue weighted by molar-refractivity contribution is -0.00232. The van der Waals surface area contributed by atoms with Crippen molar-refractivity contribution in [1.29, 1.82) is 0 Å². The van der Waals surface area contributed by atoms with Gasteiger partial charge in [-0.1, -0.05) is 42.5 Å². The number of aryl methyl sites for hydroxylation is 1. The third-order valence-corrected chi connectivity index (χ3v) is 6.31. The molecule has 30 heavy (non-hydrogen) atoms. The summed E-state index contributed by atoms with van der Waals surface area (Å²) in [6.07, 6.45) is 8.15. The number of rotatable bonds is 9. The molecule has 0 amide bonds. The molecule has 158 valence electrons. The molecule has 5 nitrogen and oxygen atoms in total. The first kappa shape index (κ1) is 20.8. The summed E-state index contributed by atoms with van der Waals surface area (Å²) in [7, 11) is 0. The summed E-state index contributed by atoms with van der Waals surface area (Å²) in [6, 6.07) is 19.4. The third kappa shape index (κ3) is 5.35. The van der Waals surface area contributed by atoms with Gasteiger partial charge < -0.3 is 4.74 Å². The lowest BCUT2D eigenvalue weighted by atomic mass is 9.74. The Morgan fingerprint density at radius 2 is 1.60 bits per heavy atom. The first-order valence-corrected chi connectivity index (χ1v) is 11.1. The first-order valence-electron chi connectivity index (χ1n) is 11.1. The lowest BCUT2D eigenvalue weighted by Crippen LogP contribution is -2.42. The number of likely N-dealkylation sites (tertiary alicyclic amines) is 1. The van der Waals surface area contributed by atoms with E-state index in [1.54, 1.807) is 17.2 Å². The minimum absolute atomic E-state index is 0.304. The minimum atomic E-state index is 0.304. The van der Waals surface area contributed by atoms with Crippen molar-refractivity contribution >= 4 is 0 Å². The van der Waals surface area contributed by atoms with Crippen LogP contribution in [0.5, 0.6) is 0 Å². The van der Waals surface area contributed by atoms with Gasteiger partial charge in [-0.2, -0.15) is 15.0 Å². The summed E-state index contributed by atoms with van der Waals surface area (Å²) in [4.78, 5) is 4.23. The number of piperidine rings is 1. The standard InChI is InChI=1S/C25H32N4O/c1-2-30-21-25(13-12-22-6-4-3-5-7-22)14-18-28(19-15-25)20-23-8-10-24(11-9-23)29-26-16-17-27-29/h3-11,16-17H,2,12-15,18-21H2,1H3. The molecule has 1 aliphatic rings. The van der Waals surface area contributed by atoms with E-state index in [0.29, 0.717) is 5.41 Å². The molecule has 0 spiro atoms. The van der Waals surface area contributed by atoms with Gasteiger partial charge in [0, 0.05) is 13.2 Å². The van der Waals surface area contributed by atoms with Crippen LogP contribution in [0.4, 0.5) is 0 Å². The predicted molar refractivity (Wildman–Crippen MR) is 120 cm³/mol. The highest BCUT2D eigenvalue weighted by atomic mass is 16.5. The van der Waals surface area contributed by atoms with Crippen LogP contribution in [0.3, 0.4) is 0 Å². The molecule has 1 aromatic heterocycles. The van der Waals surface area contributed by atoms with Crippen LogP contribution in [0.2, 0.25) is 0 Å². The van der Waals surface area contributed by atoms with Gasteiger partial charge in [0.1, 0.15) is 0 Å². The van der Waals surface area contributed by atoms with E-state index in [4.69, 9.17) is 4.74 Å². The van der Waals surface area contributed by atoms with Gasteiger partial charge in [-0.25, -0.2) is 0 Å². The molecular formula is C25H32N4O. The van der Waals surface area contributed by atoms with E-state index in [2.05, 4.69) is 76.6 Å². The molecule has 1 fully saturated rings. The fourth-order valence-electron chi connectivity index (χ4n) is 4.37. The quantitative estimate of drug-likeness (QED) is 0.526. The Morgan fingerprint density at radius 1 is 0.900 bits per heavy atom. The Hall–Kier alpha value is -2.50. The molecule has 0 radical (unpaired) electrons. The highest BCUT2D eigenvalue weighted by Crippen LogP contribution is 2.37. The molecule has 2 aromatic carbocycles. The van der Waals surface area contributed by atoms with Crippen molar-refractivity contribution in [2.24, 2.45) is 5.41 Å². The molecule has 4 rings (SSSR count). The van der Waals surface area contributed by atoms with Crippen molar-refractivity contribution in [1.82, 2.24) is 19.9 Å². The average Bonchev–Trinajstić information content (AvgIpc) is 3.34. The summed E-state index contributed by atoms with van der Waals surface area (Å²) < 4.78 is 5.93. The van der Waals surface area contributed by atoms with Gasteiger partial charge in [-0.15, -0.1) is 0 Å². The van der Waals surface area contributed by atoms with E-state index < -0.39 is 0 Å². The van der Waals surface area contributed by atoms with Crippen molar-refractivity contribution in [3.8, 4) is 5.69 Å². The molecule has 0 bridgehead atoms. The molecule has 0 aliphatic carbocycles. The monoisotopic (exact) mass is 404 g/mol. The Balaban J connectivity index is 1.33. The predicted octanol–water partition coefficient (Wildman–Crippen LogP) is 4.52. The number of aromatic nitrogens is 3. The van der Waals surface area contributed by atoms with Crippen molar-refractivity contribution in [3.05, 3.63) is 78.1 Å². The fraction of sp³-hybridized carbons (Fsp3) is 0.440. The highest BCUT2D eigenvalue weighted by Gasteiger charge is 2.34. The lowest BCUT2D eigenvalue weighted by Gasteiger charge is -2.42. The van der Waals surface area contributed by atoms with E-state index in [1.165, 1.54) is 30.4 Å². The van der Waals surface area contributed by atoms with Crippen molar-refractivity contribution < 1.29 is 4.74 Å². The summed E-state index contributed by atoms with van der Waals surface area (Å²) in [6.45, 7) is 7.04. The van der Waals surface area contributed by atoms with Crippen molar-refractivity contribution in [3.63, 3.8) is 0 Å². The molecule has 1 saturated heterocycles. The maximum absolute atomic E-state index is 5.93. The van der Waals surface area contributed by atoms with Crippen LogP contribution in [0.15, 0.2) is 67.0 Å². The molecule has 3 aromatic rings. The molecular weight excluding hydrogens is 372 g/mol. The van der Waals surface area contributed by atoms with Gasteiger partial charge >= 0.3 is 0 Å². The van der Waals surface area contributed by atoms with E-state index in [9.17, 15) is 0 Å². The average molecular weight is 405 g/mol. The smallest absolute Gasteiger partial charge is 0.0856 e. The number of benzene rings is 2. The van der Waals surface area contributed by atoms with Crippen LogP contribution in [0.25, 0.3) is 5.69 Å². The molecule has 2 heterocycles. The molecule has 0 saturated carbocycles. The van der Waals surface area contributed by atoms with Crippen LogP contribution >= 0.6 is 0 Å². The maximum Gasteiger partial charge on any atom is 0.0856 e. The van der Waals surface area contributed by atoms with Crippen molar-refractivity contribution in [2.75, 3.05) is 26.3 Å². The van der Waals surface area contributed by atoms with Gasteiger partial charge in [0.15, 0.2) is 0 Å². The summed E-state index contributed by atoms with van der Waals surface area (Å²) in [5.74, 6) is 0. The first-order chi connectivity index (χ1) is 14.8. The summed E-state index contributed by atoms with van der Waals surface area (Å²) in [5.41, 5.74) is 4.08. The topological polar surface area (TPSA) is 43.2 Å². The van der Waals surface area contributed by atoms with Crippen molar-refractivity contribution in [2.45, 2.75) is 39.2 Å². The number of ether oxygens (including phenoxy) is 1. The van der Waals surface area contributed by atoms with Crippen LogP contribution < -0.4 is 0 Å². The van der Waals surface area contributed by atoms with Gasteiger partial charge in [-0.3, -0.25) is 4.90 Å². The van der Waals surface area contributed by atoms with Crippen LogP contribution in [0.1, 0.15) is 37.3 Å². The summed E-state index contributed by atoms with van der Waals surface area (Å²) >= 11 is 0. The van der Waals surface area contributed by atoms with Crippen LogP contribution in [-0.2, 0) is 17.7 Å². The van der Waals surface area contributed by atoms with Gasteiger partial charge in [0.25, 0.3) is 0 Å². The van der Waals surface area contributed by atoms with E-state index in [1.807, 2.05) is 0 Å². The van der Waals surface area contributed by atoms with Gasteiger partial charge in [0.05, 0.1) is 24.7 Å². The zero-order valence-corrected chi connectivity index (χ0v) is 17.9. The fourth-order valence-corrected chi connectivity index (χ4v) is 4.37. The maximum atomic E-state index is 5.93. The van der Waals surface area contributed by atoms with Crippen LogP contribution in [-0.4, -0.2) is 46.2 Å². The molecule has 0 unspecified atom stereocenters. The van der Waals surface area contributed by atoms with Gasteiger partial charge in [-0.05, 0) is 74.4 Å². The second kappa shape index (κ2) is 10.0. The van der Waals surface area contributed by atoms with Crippen LogP contribution in [0, 0.1) is 5.41 Å². The Bertz CT molecular complexity index is 869. The van der Waals surface area contributed by atoms with E-state index >= 15 is 0 Å². The molecule has 0 atom stereocenters. The zero-order chi connectivity index (χ0) is 20.7. The minimum Gasteiger partial charge on any atom is -0.381 e. The van der Waals surface area contributed by atoms with E-state index in [-0.39, 0.29) is 0 Å². The Labute approximate surface area is 179 Å². The Kier molecular flexibility index (Phi) is 6.92. The molecule has 1 aliphatic heterocycles. The molecule has 5 heteroatoms. The normalized spacial score (nSPS) is 16.6. The van der Waals surface area contributed by atoms with E-state index in [0.717, 1.165) is 45.0 Å². The van der Waals surface area contributed by atoms with Gasteiger partial charge in [0.2, 0.25) is 0 Å². The largest absolute Gasteiger partial charge is 0.381 e. The second-order valence-electron chi connectivity index (χ2n) is 8.38. The number of nitrogens with zero attached hydrogens (tertiary/aromatic N) is 4. The second-order valence-corrected chi connectivity index (χ2v) is 8.38. The highest BCUT2D eigenvalue weighted by molar-refractivity contribution is 5.32. The molecule has 0 N–H and O–H groups in total. The summed E-state index contributed by atoms with van der Waals surface area (Å²) in [5, 5.41) is 8.39. The zero-order valence-electron chi connectivity index (χ0n) is 17.9. The SMILES string of the molecule is CCOCC1(CCc2ccccc2)CCN(Cc2ccc(-n3nccn3)cc2)CC1. The Morgan fingerprint density at radius 3 is 2.27 bits per heavy atom.